The number of nitrogens with zero attached hydrogens (tertiary/aromatic N) is 3. The second-order valence-corrected chi connectivity index (χ2v) is 18.5. The van der Waals surface area contributed by atoms with Gasteiger partial charge in [0.1, 0.15) is 0 Å². The fourth-order valence-corrected chi connectivity index (χ4v) is 11.3. The average molecular weight is 904 g/mol. The van der Waals surface area contributed by atoms with Gasteiger partial charge in [-0.1, -0.05) is 170 Å². The van der Waals surface area contributed by atoms with Crippen molar-refractivity contribution in [3.05, 3.63) is 273 Å². The summed E-state index contributed by atoms with van der Waals surface area (Å²) in [5, 5.41) is 9.98. The summed E-state index contributed by atoms with van der Waals surface area (Å²) in [6, 6.07) is 99.8. The summed E-state index contributed by atoms with van der Waals surface area (Å²) in [6.07, 6.45) is 0. The predicted octanol–water partition coefficient (Wildman–Crippen LogP) is 18.7. The molecule has 332 valence electrons. The highest BCUT2D eigenvalue weighted by atomic mass is 15.1. The monoisotopic (exact) mass is 903 g/mol. The summed E-state index contributed by atoms with van der Waals surface area (Å²) in [4.78, 5) is 2.32. The molecule has 14 aromatic rings. The van der Waals surface area contributed by atoms with Crippen molar-refractivity contribution in [2.24, 2.45) is 0 Å². The van der Waals surface area contributed by atoms with Crippen LogP contribution in [-0.2, 0) is 0 Å². The first kappa shape index (κ1) is 40.6. The molecule has 14 rings (SSSR count). The van der Waals surface area contributed by atoms with Crippen LogP contribution in [-0.4, -0.2) is 9.13 Å². The smallest absolute Gasteiger partial charge is 0.0619 e. The maximum Gasteiger partial charge on any atom is 0.0619 e. The van der Waals surface area contributed by atoms with Crippen LogP contribution < -0.4 is 4.90 Å². The van der Waals surface area contributed by atoms with Crippen LogP contribution in [0, 0.1) is 0 Å². The van der Waals surface area contributed by atoms with Crippen molar-refractivity contribution in [3.8, 4) is 44.8 Å². The van der Waals surface area contributed by atoms with Crippen molar-refractivity contribution >= 4 is 82.2 Å². The molecular formula is C68H45N3. The summed E-state index contributed by atoms with van der Waals surface area (Å²) in [7, 11) is 0. The summed E-state index contributed by atoms with van der Waals surface area (Å²) in [5.41, 5.74) is 17.3. The first-order valence-electron chi connectivity index (χ1n) is 24.4. The number of anilines is 3. The van der Waals surface area contributed by atoms with Gasteiger partial charge in [-0.05, 0) is 152 Å². The second-order valence-electron chi connectivity index (χ2n) is 18.5. The first-order valence-corrected chi connectivity index (χ1v) is 24.4. The van der Waals surface area contributed by atoms with Gasteiger partial charge in [0.25, 0.3) is 0 Å². The molecule has 0 spiro atoms. The summed E-state index contributed by atoms with van der Waals surface area (Å²) >= 11 is 0. The van der Waals surface area contributed by atoms with Gasteiger partial charge in [0.15, 0.2) is 0 Å². The minimum absolute atomic E-state index is 1.10. The van der Waals surface area contributed by atoms with Crippen molar-refractivity contribution in [2.45, 2.75) is 0 Å². The molecule has 71 heavy (non-hydrogen) atoms. The fourth-order valence-electron chi connectivity index (χ4n) is 11.3. The molecule has 0 aliphatic carbocycles. The number of rotatable bonds is 8. The van der Waals surface area contributed by atoms with Crippen LogP contribution in [0.4, 0.5) is 17.1 Å². The highest BCUT2D eigenvalue weighted by molar-refractivity contribution is 6.24. The van der Waals surface area contributed by atoms with E-state index in [0.29, 0.717) is 0 Å². The predicted molar refractivity (Wildman–Crippen MR) is 301 cm³/mol. The quantitative estimate of drug-likeness (QED) is 0.148. The van der Waals surface area contributed by atoms with E-state index in [-0.39, 0.29) is 0 Å². The molecule has 0 saturated heterocycles. The lowest BCUT2D eigenvalue weighted by molar-refractivity contribution is 1.18. The summed E-state index contributed by atoms with van der Waals surface area (Å²) in [6.45, 7) is 0. The Labute approximate surface area is 412 Å². The number of hydrogen-bond donors (Lipinski definition) is 0. The number of para-hydroxylation sites is 5. The Morgan fingerprint density at radius 1 is 0.254 bits per heavy atom. The molecule has 0 saturated carbocycles. The zero-order valence-electron chi connectivity index (χ0n) is 38.8. The molecule has 2 heterocycles. The van der Waals surface area contributed by atoms with Gasteiger partial charge in [-0.3, -0.25) is 0 Å². The van der Waals surface area contributed by atoms with E-state index in [2.05, 4.69) is 287 Å². The number of aromatic nitrogens is 2. The Hall–Kier alpha value is -9.44. The topological polar surface area (TPSA) is 13.1 Å². The van der Waals surface area contributed by atoms with Gasteiger partial charge >= 0.3 is 0 Å². The van der Waals surface area contributed by atoms with Crippen LogP contribution in [0.2, 0.25) is 0 Å². The average Bonchev–Trinajstić information content (AvgIpc) is 3.98. The highest BCUT2D eigenvalue weighted by Crippen LogP contribution is 2.45. The van der Waals surface area contributed by atoms with E-state index in [9.17, 15) is 0 Å². The van der Waals surface area contributed by atoms with Crippen molar-refractivity contribution in [2.75, 3.05) is 4.90 Å². The van der Waals surface area contributed by atoms with Crippen LogP contribution in [0.15, 0.2) is 273 Å². The summed E-state index contributed by atoms with van der Waals surface area (Å²) in [5.74, 6) is 0. The van der Waals surface area contributed by atoms with E-state index in [1.54, 1.807) is 0 Å². The molecule has 0 aliphatic rings. The maximum atomic E-state index is 2.48. The Morgan fingerprint density at radius 3 is 1.32 bits per heavy atom. The molecule has 0 fully saturated rings. The van der Waals surface area contributed by atoms with E-state index in [1.807, 2.05) is 0 Å². The van der Waals surface area contributed by atoms with Crippen molar-refractivity contribution in [1.29, 1.82) is 0 Å². The zero-order valence-corrected chi connectivity index (χ0v) is 38.8. The van der Waals surface area contributed by atoms with Gasteiger partial charge in [0.2, 0.25) is 0 Å². The first-order chi connectivity index (χ1) is 35.2. The van der Waals surface area contributed by atoms with Crippen LogP contribution in [0.5, 0.6) is 0 Å². The molecule has 0 atom stereocenters. The van der Waals surface area contributed by atoms with E-state index in [0.717, 1.165) is 50.7 Å². The van der Waals surface area contributed by atoms with Crippen molar-refractivity contribution in [3.63, 3.8) is 0 Å². The fraction of sp³-hybridized carbons (Fsp3) is 0. The lowest BCUT2D eigenvalue weighted by atomic mass is 9.91. The number of fused-ring (bicyclic) bond motifs is 10. The minimum Gasteiger partial charge on any atom is -0.311 e. The molecule has 0 N–H and O–H groups in total. The molecular weight excluding hydrogens is 859 g/mol. The van der Waals surface area contributed by atoms with E-state index < -0.39 is 0 Å². The molecule has 0 aliphatic heterocycles. The van der Waals surface area contributed by atoms with E-state index in [1.165, 1.54) is 76.3 Å². The molecule has 3 nitrogen and oxygen atoms in total. The number of benzene rings is 12. The van der Waals surface area contributed by atoms with Gasteiger partial charge < -0.3 is 14.0 Å². The lowest BCUT2D eigenvalue weighted by Gasteiger charge is -2.25. The van der Waals surface area contributed by atoms with Crippen molar-refractivity contribution < 1.29 is 0 Å². The van der Waals surface area contributed by atoms with Gasteiger partial charge in [0, 0.05) is 55.5 Å². The van der Waals surface area contributed by atoms with Crippen LogP contribution in [0.1, 0.15) is 0 Å². The Balaban J connectivity index is 1.02. The van der Waals surface area contributed by atoms with Gasteiger partial charge in [-0.2, -0.15) is 0 Å². The second kappa shape index (κ2) is 16.7. The van der Waals surface area contributed by atoms with Crippen molar-refractivity contribution in [1.82, 2.24) is 9.13 Å². The molecule has 0 bridgehead atoms. The molecule has 0 radical (unpaired) electrons. The Kier molecular flexibility index (Phi) is 9.53. The molecule has 3 heteroatoms. The SMILES string of the molecule is c1ccc(N(c2ccccc2)c2ccc(-c3cc(-c4ccc5c(c4)c4c6ccccc6ccc4n5-c4ccccc4)cc(-c4cccc5c6c7ccccc7ccc6n(-c6ccccc6)c45)c3)cc2)cc1. The standard InChI is InChI=1S/C68H45N3/c1-5-20-53(21-6-1)69(54-22-7-2-8-23-54)57-37-32-46(33-38-57)50-42-51(49-36-39-63-62(45-49)67-59-29-16-14-19-48(59)34-40-64(67)70(63)55-24-9-3-10-25-55)44-52(43-50)60-30-17-31-61-66-58-28-15-13-18-47(58)35-41-65(66)71(68(60)61)56-26-11-4-12-27-56/h1-45H. The van der Waals surface area contributed by atoms with Gasteiger partial charge in [0.05, 0.1) is 22.1 Å². The third-order valence-electron chi connectivity index (χ3n) is 14.4. The zero-order chi connectivity index (χ0) is 46.8. The molecule has 12 aromatic carbocycles. The van der Waals surface area contributed by atoms with Crippen LogP contribution >= 0.6 is 0 Å². The largest absolute Gasteiger partial charge is 0.311 e. The van der Waals surface area contributed by atoms with Gasteiger partial charge in [-0.15, -0.1) is 0 Å². The number of hydrogen-bond acceptors (Lipinski definition) is 1. The lowest BCUT2D eigenvalue weighted by Crippen LogP contribution is -2.09. The minimum atomic E-state index is 1.10. The normalized spacial score (nSPS) is 11.7. The van der Waals surface area contributed by atoms with E-state index in [4.69, 9.17) is 0 Å². The molecule has 2 aromatic heterocycles. The van der Waals surface area contributed by atoms with Crippen LogP contribution in [0.25, 0.3) is 110 Å². The third-order valence-corrected chi connectivity index (χ3v) is 14.4. The summed E-state index contributed by atoms with van der Waals surface area (Å²) < 4.78 is 4.90. The van der Waals surface area contributed by atoms with E-state index >= 15 is 0 Å². The Bertz CT molecular complexity index is 4260. The maximum absolute atomic E-state index is 2.48. The third kappa shape index (κ3) is 6.74. The molecule has 0 unspecified atom stereocenters. The Morgan fingerprint density at radius 2 is 0.704 bits per heavy atom. The van der Waals surface area contributed by atoms with Crippen LogP contribution in [0.3, 0.4) is 0 Å². The highest BCUT2D eigenvalue weighted by Gasteiger charge is 2.21. The molecule has 0 amide bonds. The van der Waals surface area contributed by atoms with Gasteiger partial charge in [-0.25, -0.2) is 0 Å².